The van der Waals surface area contributed by atoms with Gasteiger partial charge in [-0.25, -0.2) is 5.43 Å². The van der Waals surface area contributed by atoms with E-state index in [1.54, 1.807) is 6.21 Å². The standard InChI is InChI=1S/C18H25N3O/c1-18-11-5-4-6-15(18)16(18)17(22)20-19-12-13-7-9-14(10-8-13)21(2)3/h7-10,12,15-16H,4-6,11H2,1-3H3,(H,20,22)/b19-12+. The summed E-state index contributed by atoms with van der Waals surface area (Å²) in [4.78, 5) is 14.3. The van der Waals surface area contributed by atoms with E-state index in [-0.39, 0.29) is 17.2 Å². The van der Waals surface area contributed by atoms with Gasteiger partial charge in [-0.15, -0.1) is 0 Å². The van der Waals surface area contributed by atoms with E-state index in [1.165, 1.54) is 25.7 Å². The number of rotatable bonds is 4. The van der Waals surface area contributed by atoms with Crippen LogP contribution in [-0.4, -0.2) is 26.2 Å². The molecule has 2 fully saturated rings. The van der Waals surface area contributed by atoms with Gasteiger partial charge in [-0.2, -0.15) is 5.10 Å². The Labute approximate surface area is 132 Å². The van der Waals surface area contributed by atoms with Crippen molar-refractivity contribution >= 4 is 17.8 Å². The second kappa shape index (κ2) is 5.75. The molecule has 0 heterocycles. The van der Waals surface area contributed by atoms with Crippen LogP contribution >= 0.6 is 0 Å². The molecule has 1 amide bonds. The summed E-state index contributed by atoms with van der Waals surface area (Å²) >= 11 is 0. The molecule has 4 nitrogen and oxygen atoms in total. The maximum atomic E-state index is 12.3. The van der Waals surface area contributed by atoms with E-state index < -0.39 is 0 Å². The molecule has 0 spiro atoms. The number of hydrogen-bond acceptors (Lipinski definition) is 3. The topological polar surface area (TPSA) is 44.7 Å². The molecule has 2 aliphatic rings. The van der Waals surface area contributed by atoms with Crippen molar-refractivity contribution in [2.45, 2.75) is 32.6 Å². The Bertz CT molecular complexity index is 578. The number of fused-ring (bicyclic) bond motifs is 1. The summed E-state index contributed by atoms with van der Waals surface area (Å²) in [5.74, 6) is 0.842. The number of carbonyl (C=O) groups excluding carboxylic acids is 1. The molecule has 4 heteroatoms. The molecule has 1 N–H and O–H groups in total. The van der Waals surface area contributed by atoms with Crippen molar-refractivity contribution in [3.63, 3.8) is 0 Å². The van der Waals surface area contributed by atoms with Gasteiger partial charge in [0.05, 0.1) is 6.21 Å². The van der Waals surface area contributed by atoms with Crippen molar-refractivity contribution in [2.75, 3.05) is 19.0 Å². The first-order valence-corrected chi connectivity index (χ1v) is 8.13. The predicted octanol–water partition coefficient (Wildman–Crippen LogP) is 3.03. The molecule has 0 radical (unpaired) electrons. The Morgan fingerprint density at radius 1 is 1.32 bits per heavy atom. The number of nitrogens with one attached hydrogen (secondary N) is 1. The number of anilines is 1. The third-order valence-corrected chi connectivity index (χ3v) is 5.41. The van der Waals surface area contributed by atoms with Crippen LogP contribution in [0.15, 0.2) is 29.4 Å². The zero-order valence-corrected chi connectivity index (χ0v) is 13.7. The summed E-state index contributed by atoms with van der Waals surface area (Å²) < 4.78 is 0. The van der Waals surface area contributed by atoms with E-state index in [4.69, 9.17) is 0 Å². The van der Waals surface area contributed by atoms with Gasteiger partial charge in [-0.3, -0.25) is 4.79 Å². The lowest BCUT2D eigenvalue weighted by Gasteiger charge is -2.15. The van der Waals surface area contributed by atoms with Gasteiger partial charge in [0, 0.05) is 25.7 Å². The van der Waals surface area contributed by atoms with E-state index in [9.17, 15) is 4.79 Å². The molecule has 0 aromatic heterocycles. The molecule has 3 rings (SSSR count). The summed E-state index contributed by atoms with van der Waals surface area (Å²) in [7, 11) is 4.03. The minimum Gasteiger partial charge on any atom is -0.378 e. The fourth-order valence-corrected chi connectivity index (χ4v) is 3.95. The molecule has 0 saturated heterocycles. The number of hydrogen-bond donors (Lipinski definition) is 1. The lowest BCUT2D eigenvalue weighted by Crippen LogP contribution is -2.22. The zero-order valence-electron chi connectivity index (χ0n) is 13.7. The highest BCUT2D eigenvalue weighted by molar-refractivity contribution is 5.86. The average molecular weight is 299 g/mol. The molecule has 1 aromatic carbocycles. The first-order chi connectivity index (χ1) is 10.5. The van der Waals surface area contributed by atoms with Crippen molar-refractivity contribution in [1.29, 1.82) is 0 Å². The average Bonchev–Trinajstić information content (AvgIpc) is 3.13. The number of nitrogens with zero attached hydrogens (tertiary/aromatic N) is 2. The van der Waals surface area contributed by atoms with Crippen molar-refractivity contribution in [3.05, 3.63) is 29.8 Å². The number of carbonyl (C=O) groups is 1. The van der Waals surface area contributed by atoms with Crippen LogP contribution in [-0.2, 0) is 4.79 Å². The minimum atomic E-state index is 0.0931. The molecular formula is C18H25N3O. The molecule has 2 saturated carbocycles. The van der Waals surface area contributed by atoms with Crippen LogP contribution < -0.4 is 10.3 Å². The molecule has 2 aliphatic carbocycles. The normalized spacial score (nSPS) is 30.0. The van der Waals surface area contributed by atoms with Crippen LogP contribution in [0.4, 0.5) is 5.69 Å². The first-order valence-electron chi connectivity index (χ1n) is 8.13. The molecular weight excluding hydrogens is 274 g/mol. The van der Waals surface area contributed by atoms with Crippen LogP contribution in [0.25, 0.3) is 0 Å². The van der Waals surface area contributed by atoms with Gasteiger partial charge in [0.15, 0.2) is 0 Å². The highest BCUT2D eigenvalue weighted by atomic mass is 16.2. The van der Waals surface area contributed by atoms with Gasteiger partial charge in [-0.1, -0.05) is 31.9 Å². The second-order valence-corrected chi connectivity index (χ2v) is 7.06. The molecule has 0 bridgehead atoms. The summed E-state index contributed by atoms with van der Waals surface area (Å²) in [6.07, 6.45) is 6.63. The summed E-state index contributed by atoms with van der Waals surface area (Å²) in [5, 5.41) is 4.13. The van der Waals surface area contributed by atoms with E-state index in [0.29, 0.717) is 5.92 Å². The summed E-state index contributed by atoms with van der Waals surface area (Å²) in [5.41, 5.74) is 5.11. The van der Waals surface area contributed by atoms with Crippen LogP contribution in [0.5, 0.6) is 0 Å². The third-order valence-electron chi connectivity index (χ3n) is 5.41. The van der Waals surface area contributed by atoms with Gasteiger partial charge in [0.25, 0.3) is 0 Å². The fraction of sp³-hybridized carbons (Fsp3) is 0.556. The number of benzene rings is 1. The fourth-order valence-electron chi connectivity index (χ4n) is 3.95. The van der Waals surface area contributed by atoms with Crippen molar-refractivity contribution < 1.29 is 4.79 Å². The summed E-state index contributed by atoms with van der Waals surface area (Å²) in [6.45, 7) is 2.25. The largest absolute Gasteiger partial charge is 0.378 e. The van der Waals surface area contributed by atoms with E-state index in [1.807, 2.05) is 38.4 Å². The molecule has 22 heavy (non-hydrogen) atoms. The second-order valence-electron chi connectivity index (χ2n) is 7.06. The van der Waals surface area contributed by atoms with Gasteiger partial charge >= 0.3 is 0 Å². The van der Waals surface area contributed by atoms with Crippen molar-refractivity contribution in [3.8, 4) is 0 Å². The maximum absolute atomic E-state index is 12.3. The third kappa shape index (κ3) is 2.74. The Balaban J connectivity index is 1.55. The lowest BCUT2D eigenvalue weighted by atomic mass is 9.90. The molecule has 118 valence electrons. The van der Waals surface area contributed by atoms with Crippen LogP contribution in [0.1, 0.15) is 38.2 Å². The van der Waals surface area contributed by atoms with Gasteiger partial charge < -0.3 is 4.90 Å². The Kier molecular flexibility index (Phi) is 3.94. The molecule has 3 atom stereocenters. The lowest BCUT2D eigenvalue weighted by molar-refractivity contribution is -0.123. The quantitative estimate of drug-likeness (QED) is 0.686. The number of amides is 1. The Hall–Kier alpha value is -1.84. The Morgan fingerprint density at radius 3 is 2.64 bits per heavy atom. The van der Waals surface area contributed by atoms with Crippen molar-refractivity contribution in [2.24, 2.45) is 22.4 Å². The van der Waals surface area contributed by atoms with Gasteiger partial charge in [-0.05, 0) is 41.9 Å². The van der Waals surface area contributed by atoms with Crippen LogP contribution in [0, 0.1) is 17.3 Å². The highest BCUT2D eigenvalue weighted by Gasteiger charge is 2.64. The monoisotopic (exact) mass is 299 g/mol. The van der Waals surface area contributed by atoms with Gasteiger partial charge in [0.2, 0.25) is 5.91 Å². The maximum Gasteiger partial charge on any atom is 0.244 e. The van der Waals surface area contributed by atoms with E-state index in [2.05, 4.69) is 22.4 Å². The first kappa shape index (κ1) is 15.1. The molecule has 0 aliphatic heterocycles. The smallest absolute Gasteiger partial charge is 0.244 e. The summed E-state index contributed by atoms with van der Waals surface area (Å²) in [6, 6.07) is 8.09. The Morgan fingerprint density at radius 2 is 2.05 bits per heavy atom. The van der Waals surface area contributed by atoms with Gasteiger partial charge in [0.1, 0.15) is 0 Å². The SMILES string of the molecule is CN(C)c1ccc(/C=N/NC(=O)C2C3CCCCC32C)cc1. The van der Waals surface area contributed by atoms with E-state index in [0.717, 1.165) is 11.3 Å². The zero-order chi connectivity index (χ0) is 15.7. The highest BCUT2D eigenvalue weighted by Crippen LogP contribution is 2.66. The van der Waals surface area contributed by atoms with Crippen LogP contribution in [0.2, 0.25) is 0 Å². The van der Waals surface area contributed by atoms with Crippen molar-refractivity contribution in [1.82, 2.24) is 5.43 Å². The minimum absolute atomic E-state index is 0.0931. The number of hydrazone groups is 1. The van der Waals surface area contributed by atoms with Crippen LogP contribution in [0.3, 0.4) is 0 Å². The predicted molar refractivity (Wildman–Crippen MR) is 90.1 cm³/mol. The molecule has 3 unspecified atom stereocenters. The molecule has 1 aromatic rings. The van der Waals surface area contributed by atoms with E-state index >= 15 is 0 Å².